The van der Waals surface area contributed by atoms with E-state index in [1.165, 1.54) is 0 Å². The van der Waals surface area contributed by atoms with Gasteiger partial charge in [0.15, 0.2) is 11.5 Å². The maximum Gasteiger partial charge on any atom is 0.227 e. The van der Waals surface area contributed by atoms with Gasteiger partial charge in [0, 0.05) is 46.4 Å². The highest BCUT2D eigenvalue weighted by molar-refractivity contribution is 5.47. The molecule has 1 aliphatic rings. The Balaban J connectivity index is 1.62. The molecule has 1 aromatic heterocycles. The fraction of sp³-hybridized carbons (Fsp3) is 0.464. The number of aryl methyl sites for hydroxylation is 1. The van der Waals surface area contributed by atoms with Crippen LogP contribution in [-0.2, 0) is 16.0 Å². The van der Waals surface area contributed by atoms with E-state index < -0.39 is 6.10 Å². The van der Waals surface area contributed by atoms with Gasteiger partial charge in [-0.25, -0.2) is 4.68 Å². The van der Waals surface area contributed by atoms with Crippen molar-refractivity contribution in [2.75, 3.05) is 66.8 Å². The standard InChI is InChI=1S/C28H38N4O5/c1-22-25(21-31(13-16-34-2)20-24(33)19-30-14-17-36-18-15-30)28(32(29-22)23-9-5-4-6-10-23)37-27-12-8-7-11-26(27)35-3/h4-12,24,33H,13-21H2,1-3H3/t24-/m1/s1. The first kappa shape index (κ1) is 27.1. The van der Waals surface area contributed by atoms with Gasteiger partial charge in [0.1, 0.15) is 0 Å². The fourth-order valence-corrected chi connectivity index (χ4v) is 4.49. The SMILES string of the molecule is COCCN(Cc1c(C)nn(-c2ccccc2)c1Oc1ccccc1OC)C[C@H](O)CN1CCOCC1. The van der Waals surface area contributed by atoms with Gasteiger partial charge < -0.3 is 24.1 Å². The molecule has 9 heteroatoms. The van der Waals surface area contributed by atoms with Crippen LogP contribution in [0.3, 0.4) is 0 Å². The second-order valence-electron chi connectivity index (χ2n) is 9.16. The third-order valence-corrected chi connectivity index (χ3v) is 6.45. The number of hydrogen-bond acceptors (Lipinski definition) is 8. The number of β-amino-alcohol motifs (C(OH)–C–C–N with tert-alkyl or cyclic N) is 1. The van der Waals surface area contributed by atoms with Gasteiger partial charge in [-0.15, -0.1) is 0 Å². The predicted octanol–water partition coefficient (Wildman–Crippen LogP) is 3.12. The van der Waals surface area contributed by atoms with Crippen molar-refractivity contribution in [3.63, 3.8) is 0 Å². The molecule has 2 aromatic carbocycles. The molecule has 9 nitrogen and oxygen atoms in total. The summed E-state index contributed by atoms with van der Waals surface area (Å²) in [6, 6.07) is 17.5. The molecule has 4 rings (SSSR count). The first-order valence-electron chi connectivity index (χ1n) is 12.7. The van der Waals surface area contributed by atoms with E-state index in [-0.39, 0.29) is 0 Å². The summed E-state index contributed by atoms with van der Waals surface area (Å²) in [4.78, 5) is 4.45. The normalized spacial score (nSPS) is 15.2. The molecule has 1 fully saturated rings. The smallest absolute Gasteiger partial charge is 0.227 e. The first-order valence-corrected chi connectivity index (χ1v) is 12.7. The summed E-state index contributed by atoms with van der Waals surface area (Å²) in [6.45, 7) is 7.98. The van der Waals surface area contributed by atoms with E-state index in [2.05, 4.69) is 9.80 Å². The van der Waals surface area contributed by atoms with Crippen molar-refractivity contribution < 1.29 is 24.1 Å². The Hall–Kier alpha value is -2.95. The number of methoxy groups -OCH3 is 2. The van der Waals surface area contributed by atoms with E-state index in [0.29, 0.717) is 63.4 Å². The number of para-hydroxylation sites is 3. The highest BCUT2D eigenvalue weighted by Gasteiger charge is 2.24. The van der Waals surface area contributed by atoms with E-state index in [4.69, 9.17) is 24.0 Å². The predicted molar refractivity (Wildman–Crippen MR) is 142 cm³/mol. The van der Waals surface area contributed by atoms with Gasteiger partial charge in [-0.05, 0) is 31.2 Å². The number of ether oxygens (including phenoxy) is 4. The van der Waals surface area contributed by atoms with Gasteiger partial charge in [0.2, 0.25) is 5.88 Å². The lowest BCUT2D eigenvalue weighted by atomic mass is 10.2. The Morgan fingerprint density at radius 3 is 2.43 bits per heavy atom. The van der Waals surface area contributed by atoms with Crippen LogP contribution in [-0.4, -0.2) is 97.6 Å². The lowest BCUT2D eigenvalue weighted by Gasteiger charge is -2.31. The number of rotatable bonds is 13. The van der Waals surface area contributed by atoms with E-state index in [1.807, 2.05) is 66.2 Å². The van der Waals surface area contributed by atoms with Crippen LogP contribution in [0.25, 0.3) is 5.69 Å². The summed E-state index contributed by atoms with van der Waals surface area (Å²) in [5, 5.41) is 15.8. The molecule has 0 radical (unpaired) electrons. The molecule has 1 N–H and O–H groups in total. The van der Waals surface area contributed by atoms with Crippen LogP contribution in [0.1, 0.15) is 11.3 Å². The van der Waals surface area contributed by atoms with Gasteiger partial charge in [-0.1, -0.05) is 30.3 Å². The molecular formula is C28H38N4O5. The van der Waals surface area contributed by atoms with E-state index >= 15 is 0 Å². The number of morpholine rings is 1. The van der Waals surface area contributed by atoms with Crippen molar-refractivity contribution >= 4 is 0 Å². The molecule has 0 saturated carbocycles. The molecule has 0 unspecified atom stereocenters. The summed E-state index contributed by atoms with van der Waals surface area (Å²) >= 11 is 0. The number of hydrogen-bond donors (Lipinski definition) is 1. The number of benzene rings is 2. The minimum atomic E-state index is -0.502. The molecule has 37 heavy (non-hydrogen) atoms. The van der Waals surface area contributed by atoms with E-state index in [0.717, 1.165) is 30.0 Å². The highest BCUT2D eigenvalue weighted by Crippen LogP contribution is 2.36. The van der Waals surface area contributed by atoms with E-state index in [9.17, 15) is 5.11 Å². The molecule has 2 heterocycles. The minimum Gasteiger partial charge on any atom is -0.493 e. The van der Waals surface area contributed by atoms with Crippen LogP contribution >= 0.6 is 0 Å². The summed E-state index contributed by atoms with van der Waals surface area (Å²) in [6.07, 6.45) is -0.502. The Bertz CT molecular complexity index is 1100. The zero-order valence-corrected chi connectivity index (χ0v) is 22.0. The quantitative estimate of drug-likeness (QED) is 0.376. The maximum absolute atomic E-state index is 10.9. The molecule has 1 atom stereocenters. The van der Waals surface area contributed by atoms with Crippen LogP contribution in [0.15, 0.2) is 54.6 Å². The van der Waals surface area contributed by atoms with Crippen molar-refractivity contribution in [1.82, 2.24) is 19.6 Å². The largest absolute Gasteiger partial charge is 0.493 e. The molecular weight excluding hydrogens is 472 g/mol. The Labute approximate surface area is 219 Å². The second kappa shape index (κ2) is 13.6. The van der Waals surface area contributed by atoms with Crippen LogP contribution in [0, 0.1) is 6.92 Å². The van der Waals surface area contributed by atoms with Crippen molar-refractivity contribution in [1.29, 1.82) is 0 Å². The average molecular weight is 511 g/mol. The molecule has 1 saturated heterocycles. The molecule has 3 aromatic rings. The molecule has 0 amide bonds. The zero-order chi connectivity index (χ0) is 26.0. The summed E-state index contributed by atoms with van der Waals surface area (Å²) in [5.41, 5.74) is 2.71. The van der Waals surface area contributed by atoms with Gasteiger partial charge in [-0.3, -0.25) is 9.80 Å². The highest BCUT2D eigenvalue weighted by atomic mass is 16.5. The van der Waals surface area contributed by atoms with Crippen LogP contribution < -0.4 is 9.47 Å². The third kappa shape index (κ3) is 7.30. The Morgan fingerprint density at radius 1 is 1.03 bits per heavy atom. The summed E-state index contributed by atoms with van der Waals surface area (Å²) in [5.74, 6) is 1.88. The number of aliphatic hydroxyl groups is 1. The lowest BCUT2D eigenvalue weighted by molar-refractivity contribution is 0.00431. The molecule has 1 aliphatic heterocycles. The van der Waals surface area contributed by atoms with Gasteiger partial charge in [0.05, 0.1) is 50.0 Å². The van der Waals surface area contributed by atoms with Crippen molar-refractivity contribution in [2.24, 2.45) is 0 Å². The number of aromatic nitrogens is 2. The molecule has 200 valence electrons. The zero-order valence-electron chi connectivity index (χ0n) is 22.0. The topological polar surface area (TPSA) is 81.5 Å². The van der Waals surface area contributed by atoms with Gasteiger partial charge in [0.25, 0.3) is 0 Å². The maximum atomic E-state index is 10.9. The first-order chi connectivity index (χ1) is 18.1. The molecule has 0 spiro atoms. The van der Waals surface area contributed by atoms with E-state index in [1.54, 1.807) is 14.2 Å². The van der Waals surface area contributed by atoms with Crippen molar-refractivity contribution in [3.8, 4) is 23.1 Å². The lowest BCUT2D eigenvalue weighted by Crippen LogP contribution is -2.45. The summed E-state index contributed by atoms with van der Waals surface area (Å²) in [7, 11) is 3.32. The minimum absolute atomic E-state index is 0.502. The van der Waals surface area contributed by atoms with Crippen molar-refractivity contribution in [3.05, 3.63) is 65.9 Å². The monoisotopic (exact) mass is 510 g/mol. The average Bonchev–Trinajstić information content (AvgIpc) is 3.23. The summed E-state index contributed by atoms with van der Waals surface area (Å²) < 4.78 is 24.7. The fourth-order valence-electron chi connectivity index (χ4n) is 4.49. The van der Waals surface area contributed by atoms with Crippen LogP contribution in [0.4, 0.5) is 0 Å². The van der Waals surface area contributed by atoms with Crippen LogP contribution in [0.2, 0.25) is 0 Å². The molecule has 0 aliphatic carbocycles. The third-order valence-electron chi connectivity index (χ3n) is 6.45. The second-order valence-corrected chi connectivity index (χ2v) is 9.16. The Morgan fingerprint density at radius 2 is 1.73 bits per heavy atom. The molecule has 0 bridgehead atoms. The number of aliphatic hydroxyl groups excluding tert-OH is 1. The Kier molecular flexibility index (Phi) is 9.92. The van der Waals surface area contributed by atoms with Crippen molar-refractivity contribution in [2.45, 2.75) is 19.6 Å². The van der Waals surface area contributed by atoms with Gasteiger partial charge in [-0.2, -0.15) is 5.10 Å². The van der Waals surface area contributed by atoms with Crippen LogP contribution in [0.5, 0.6) is 17.4 Å². The van der Waals surface area contributed by atoms with Gasteiger partial charge >= 0.3 is 0 Å². The number of nitrogens with zero attached hydrogens (tertiary/aromatic N) is 4.